The summed E-state index contributed by atoms with van der Waals surface area (Å²) in [7, 11) is 0. The lowest BCUT2D eigenvalue weighted by Gasteiger charge is -2.45. The number of piperidine rings is 1. The summed E-state index contributed by atoms with van der Waals surface area (Å²) < 4.78 is 41.6. The molecule has 1 aliphatic carbocycles. The van der Waals surface area contributed by atoms with Gasteiger partial charge in [-0.05, 0) is 42.4 Å². The van der Waals surface area contributed by atoms with Gasteiger partial charge in [0.1, 0.15) is 0 Å². The number of likely N-dealkylation sites (tertiary alicyclic amines) is 1. The molecule has 1 spiro atoms. The molecular weight excluding hydrogens is 387 g/mol. The molecular formula is C20H18F3N3O3. The maximum Gasteiger partial charge on any atom is 0.418 e. The molecule has 0 radical (unpaired) electrons. The van der Waals surface area contributed by atoms with E-state index in [0.717, 1.165) is 11.6 Å². The van der Waals surface area contributed by atoms with E-state index in [4.69, 9.17) is 5.11 Å². The molecule has 1 aromatic heterocycles. The summed E-state index contributed by atoms with van der Waals surface area (Å²) in [4.78, 5) is 24.0. The highest BCUT2D eigenvalue weighted by Gasteiger charge is 2.43. The quantitative estimate of drug-likeness (QED) is 0.775. The van der Waals surface area contributed by atoms with Gasteiger partial charge in [0.05, 0.1) is 28.7 Å². The predicted molar refractivity (Wildman–Crippen MR) is 97.8 cm³/mol. The van der Waals surface area contributed by atoms with Crippen molar-refractivity contribution < 1.29 is 27.9 Å². The van der Waals surface area contributed by atoms with Gasteiger partial charge in [-0.25, -0.2) is 9.48 Å². The van der Waals surface area contributed by atoms with Gasteiger partial charge in [-0.1, -0.05) is 18.2 Å². The van der Waals surface area contributed by atoms with Crippen molar-refractivity contribution in [2.24, 2.45) is 5.41 Å². The second-order valence-corrected chi connectivity index (χ2v) is 7.47. The maximum atomic E-state index is 13.5. The fourth-order valence-electron chi connectivity index (χ4n) is 4.19. The number of aldehydes is 1. The molecule has 1 amide bonds. The monoisotopic (exact) mass is 405 g/mol. The summed E-state index contributed by atoms with van der Waals surface area (Å²) in [6.45, 7) is 0.825. The number of hydrogen-bond acceptors (Lipinski definition) is 3. The molecule has 6 nitrogen and oxygen atoms in total. The fraction of sp³-hybridized carbons (Fsp3) is 0.350. The fourth-order valence-corrected chi connectivity index (χ4v) is 4.19. The minimum Gasteiger partial charge on any atom is -0.465 e. The van der Waals surface area contributed by atoms with Crippen LogP contribution in [0.1, 0.15) is 40.9 Å². The summed E-state index contributed by atoms with van der Waals surface area (Å²) in [6.07, 6.45) is 0.180. The molecule has 2 aliphatic rings. The van der Waals surface area contributed by atoms with E-state index in [1.165, 1.54) is 34.0 Å². The molecule has 0 saturated carbocycles. The summed E-state index contributed by atoms with van der Waals surface area (Å²) in [6, 6.07) is 5.12. The Kier molecular flexibility index (Phi) is 4.48. The third-order valence-corrected chi connectivity index (χ3v) is 5.72. The van der Waals surface area contributed by atoms with Crippen LogP contribution in [0.5, 0.6) is 0 Å². The van der Waals surface area contributed by atoms with E-state index < -0.39 is 17.8 Å². The normalized spacial score (nSPS) is 18.3. The lowest BCUT2D eigenvalue weighted by atomic mass is 9.64. The van der Waals surface area contributed by atoms with Crippen molar-refractivity contribution in [3.63, 3.8) is 0 Å². The molecule has 1 N–H and O–H groups in total. The second-order valence-electron chi connectivity index (χ2n) is 7.47. The van der Waals surface area contributed by atoms with Crippen LogP contribution in [-0.4, -0.2) is 45.3 Å². The molecule has 1 aliphatic heterocycles. The molecule has 4 rings (SSSR count). The molecule has 0 unspecified atom stereocenters. The molecule has 1 fully saturated rings. The summed E-state index contributed by atoms with van der Waals surface area (Å²) >= 11 is 0. The van der Waals surface area contributed by atoms with E-state index in [9.17, 15) is 22.8 Å². The number of hydrogen-bond donors (Lipinski definition) is 1. The highest BCUT2D eigenvalue weighted by Crippen LogP contribution is 2.51. The summed E-state index contributed by atoms with van der Waals surface area (Å²) in [5.74, 6) is 0. The number of para-hydroxylation sites is 1. The zero-order valence-electron chi connectivity index (χ0n) is 15.3. The number of amides is 1. The van der Waals surface area contributed by atoms with Gasteiger partial charge in [-0.15, -0.1) is 0 Å². The Morgan fingerprint density at radius 1 is 1.21 bits per heavy atom. The standard InChI is InChI=1S/C20H18F3N3O3/c21-20(22,23)15-3-1-2-4-16(15)26-17(14(12-27)11-24-26)13-9-19(10-13)5-7-25(8-6-19)18(28)29/h1-4,9,11-12H,5-8,10H2,(H,28,29). The number of aromatic nitrogens is 2. The maximum absolute atomic E-state index is 13.5. The molecule has 2 heterocycles. The first-order valence-electron chi connectivity index (χ1n) is 9.14. The SMILES string of the molecule is O=Cc1cnn(-c2ccccc2C(F)(F)F)c1C1=CC2(CCN(C(=O)O)CC2)C1. The number of rotatable bonds is 3. The van der Waals surface area contributed by atoms with Crippen LogP contribution in [0.25, 0.3) is 11.3 Å². The van der Waals surface area contributed by atoms with Crippen LogP contribution >= 0.6 is 0 Å². The largest absolute Gasteiger partial charge is 0.465 e. The van der Waals surface area contributed by atoms with Crippen LogP contribution in [-0.2, 0) is 6.18 Å². The molecule has 2 aromatic rings. The molecule has 29 heavy (non-hydrogen) atoms. The van der Waals surface area contributed by atoms with E-state index in [0.29, 0.717) is 44.3 Å². The van der Waals surface area contributed by atoms with Crippen molar-refractivity contribution >= 4 is 18.0 Å². The first-order chi connectivity index (χ1) is 13.7. The van der Waals surface area contributed by atoms with Crippen molar-refractivity contribution in [2.75, 3.05) is 13.1 Å². The van der Waals surface area contributed by atoms with Crippen LogP contribution in [0.2, 0.25) is 0 Å². The molecule has 9 heteroatoms. The Hall–Kier alpha value is -3.10. The number of benzene rings is 1. The first kappa shape index (κ1) is 19.2. The lowest BCUT2D eigenvalue weighted by Crippen LogP contribution is -2.44. The van der Waals surface area contributed by atoms with Crippen LogP contribution in [0.4, 0.5) is 18.0 Å². The first-order valence-corrected chi connectivity index (χ1v) is 9.14. The Morgan fingerprint density at radius 3 is 2.45 bits per heavy atom. The molecule has 0 atom stereocenters. The Labute approximate surface area is 164 Å². The highest BCUT2D eigenvalue weighted by molar-refractivity contribution is 5.86. The van der Waals surface area contributed by atoms with Crippen LogP contribution < -0.4 is 0 Å². The summed E-state index contributed by atoms with van der Waals surface area (Å²) in [5.41, 5.74) is 0.205. The van der Waals surface area contributed by atoms with Gasteiger partial charge in [0, 0.05) is 13.1 Å². The third kappa shape index (κ3) is 3.30. The topological polar surface area (TPSA) is 75.4 Å². The molecule has 0 bridgehead atoms. The number of carbonyl (C=O) groups is 2. The van der Waals surface area contributed by atoms with E-state index in [1.54, 1.807) is 0 Å². The number of nitrogens with zero attached hydrogens (tertiary/aromatic N) is 3. The average molecular weight is 405 g/mol. The van der Waals surface area contributed by atoms with Gasteiger partial charge in [-0.3, -0.25) is 4.79 Å². The Balaban J connectivity index is 1.71. The van der Waals surface area contributed by atoms with E-state index in [1.807, 2.05) is 6.08 Å². The van der Waals surface area contributed by atoms with Gasteiger partial charge < -0.3 is 10.0 Å². The van der Waals surface area contributed by atoms with E-state index >= 15 is 0 Å². The Morgan fingerprint density at radius 2 is 1.86 bits per heavy atom. The predicted octanol–water partition coefficient (Wildman–Crippen LogP) is 4.25. The minimum absolute atomic E-state index is 0.134. The van der Waals surface area contributed by atoms with E-state index in [2.05, 4.69) is 5.10 Å². The van der Waals surface area contributed by atoms with Crippen LogP contribution in [0, 0.1) is 5.41 Å². The summed E-state index contributed by atoms with van der Waals surface area (Å²) in [5, 5.41) is 13.2. The van der Waals surface area contributed by atoms with Crippen LogP contribution in [0.15, 0.2) is 36.5 Å². The Bertz CT molecular complexity index is 1000. The third-order valence-electron chi connectivity index (χ3n) is 5.72. The van der Waals surface area contributed by atoms with Crippen molar-refractivity contribution in [1.29, 1.82) is 0 Å². The molecule has 152 valence electrons. The number of allylic oxidation sites excluding steroid dienone is 2. The molecule has 1 saturated heterocycles. The molecule has 1 aromatic carbocycles. The van der Waals surface area contributed by atoms with Gasteiger partial charge in [-0.2, -0.15) is 18.3 Å². The average Bonchev–Trinajstić information content (AvgIpc) is 3.09. The van der Waals surface area contributed by atoms with Gasteiger partial charge in [0.2, 0.25) is 0 Å². The van der Waals surface area contributed by atoms with Crippen molar-refractivity contribution in [3.05, 3.63) is 53.4 Å². The zero-order chi connectivity index (χ0) is 20.8. The van der Waals surface area contributed by atoms with E-state index in [-0.39, 0.29) is 16.7 Å². The number of halogens is 3. The lowest BCUT2D eigenvalue weighted by molar-refractivity contribution is -0.137. The zero-order valence-corrected chi connectivity index (χ0v) is 15.3. The number of carboxylic acid groups (broad SMARTS) is 1. The second kappa shape index (κ2) is 6.75. The number of carbonyl (C=O) groups excluding carboxylic acids is 1. The van der Waals surface area contributed by atoms with Crippen molar-refractivity contribution in [3.8, 4) is 5.69 Å². The van der Waals surface area contributed by atoms with Gasteiger partial charge in [0.15, 0.2) is 6.29 Å². The number of alkyl halides is 3. The minimum atomic E-state index is -4.56. The van der Waals surface area contributed by atoms with Crippen LogP contribution in [0.3, 0.4) is 0 Å². The van der Waals surface area contributed by atoms with Gasteiger partial charge in [0.25, 0.3) is 0 Å². The highest BCUT2D eigenvalue weighted by atomic mass is 19.4. The van der Waals surface area contributed by atoms with Crippen molar-refractivity contribution in [1.82, 2.24) is 14.7 Å². The smallest absolute Gasteiger partial charge is 0.418 e. The van der Waals surface area contributed by atoms with Crippen molar-refractivity contribution in [2.45, 2.75) is 25.4 Å². The van der Waals surface area contributed by atoms with Gasteiger partial charge >= 0.3 is 12.3 Å².